The van der Waals surface area contributed by atoms with E-state index in [0.717, 1.165) is 63.8 Å². The average molecular weight is 492 g/mol. The molecule has 7 heteroatoms. The Morgan fingerprint density at radius 2 is 2.00 bits per heavy atom. The Morgan fingerprint density at radius 3 is 2.63 bits per heavy atom. The van der Waals surface area contributed by atoms with Crippen LogP contribution in [-0.2, 0) is 11.2 Å². The molecule has 0 radical (unpaired) electrons. The summed E-state index contributed by atoms with van der Waals surface area (Å²) >= 11 is 0. The number of nitrogens with zero attached hydrogens (tertiary/aromatic N) is 2. The normalized spacial score (nSPS) is 16.7. The molecule has 1 heterocycles. The molecule has 154 valence electrons. The summed E-state index contributed by atoms with van der Waals surface area (Å²) in [4.78, 5) is 6.82. The molecule has 2 N–H and O–H groups in total. The molecular weight excluding hydrogens is 458 g/mol. The van der Waals surface area contributed by atoms with Crippen molar-refractivity contribution in [2.24, 2.45) is 10.9 Å². The predicted molar refractivity (Wildman–Crippen MR) is 121 cm³/mol. The van der Waals surface area contributed by atoms with Crippen LogP contribution in [0.15, 0.2) is 29.3 Å². The average Bonchev–Trinajstić information content (AvgIpc) is 2.64. The van der Waals surface area contributed by atoms with Crippen molar-refractivity contribution in [2.75, 3.05) is 46.4 Å². The summed E-state index contributed by atoms with van der Waals surface area (Å²) in [6.07, 6.45) is 1.91. The summed E-state index contributed by atoms with van der Waals surface area (Å²) < 4.78 is 18.7. The van der Waals surface area contributed by atoms with E-state index in [9.17, 15) is 4.39 Å². The largest absolute Gasteiger partial charge is 0.379 e. The molecule has 27 heavy (non-hydrogen) atoms. The number of guanidine groups is 1. The van der Waals surface area contributed by atoms with E-state index in [1.54, 1.807) is 19.2 Å². The predicted octanol–water partition coefficient (Wildman–Crippen LogP) is 2.90. The van der Waals surface area contributed by atoms with Gasteiger partial charge in [-0.2, -0.15) is 0 Å². The van der Waals surface area contributed by atoms with Crippen LogP contribution < -0.4 is 10.6 Å². The summed E-state index contributed by atoms with van der Waals surface area (Å²) in [7, 11) is 1.78. The Labute approximate surface area is 180 Å². The van der Waals surface area contributed by atoms with Crippen LogP contribution in [0.5, 0.6) is 0 Å². The highest BCUT2D eigenvalue weighted by Crippen LogP contribution is 2.13. The van der Waals surface area contributed by atoms with Crippen molar-refractivity contribution in [1.82, 2.24) is 15.5 Å². The summed E-state index contributed by atoms with van der Waals surface area (Å²) in [6, 6.07) is 7.21. The van der Waals surface area contributed by atoms with Gasteiger partial charge in [0, 0.05) is 39.3 Å². The van der Waals surface area contributed by atoms with Crippen LogP contribution in [0.1, 0.15) is 25.8 Å². The number of morpholine rings is 1. The highest BCUT2D eigenvalue weighted by atomic mass is 127. The molecule has 1 unspecified atom stereocenters. The minimum absolute atomic E-state index is 0. The van der Waals surface area contributed by atoms with E-state index < -0.39 is 0 Å². The minimum Gasteiger partial charge on any atom is -0.379 e. The van der Waals surface area contributed by atoms with Crippen molar-refractivity contribution < 1.29 is 9.13 Å². The van der Waals surface area contributed by atoms with E-state index in [2.05, 4.69) is 34.4 Å². The van der Waals surface area contributed by atoms with Gasteiger partial charge in [0.25, 0.3) is 0 Å². The lowest BCUT2D eigenvalue weighted by molar-refractivity contribution is 0.0132. The second-order valence-corrected chi connectivity index (χ2v) is 7.19. The van der Waals surface area contributed by atoms with Gasteiger partial charge in [0.1, 0.15) is 5.82 Å². The van der Waals surface area contributed by atoms with Gasteiger partial charge in [-0.15, -0.1) is 24.0 Å². The Kier molecular flexibility index (Phi) is 11.9. The van der Waals surface area contributed by atoms with Crippen molar-refractivity contribution in [2.45, 2.75) is 32.7 Å². The highest BCUT2D eigenvalue weighted by Gasteiger charge is 2.22. The molecule has 1 aliphatic rings. The molecule has 1 aromatic rings. The molecule has 0 amide bonds. The van der Waals surface area contributed by atoms with Gasteiger partial charge in [0.2, 0.25) is 0 Å². The fraction of sp³-hybridized carbons (Fsp3) is 0.650. The smallest absolute Gasteiger partial charge is 0.191 e. The highest BCUT2D eigenvalue weighted by molar-refractivity contribution is 14.0. The van der Waals surface area contributed by atoms with Crippen LogP contribution in [0.3, 0.4) is 0 Å². The maximum absolute atomic E-state index is 13.2. The monoisotopic (exact) mass is 492 g/mol. The van der Waals surface area contributed by atoms with Gasteiger partial charge in [-0.25, -0.2) is 4.39 Å². The summed E-state index contributed by atoms with van der Waals surface area (Å²) in [5.41, 5.74) is 0.985. The van der Waals surface area contributed by atoms with Crippen molar-refractivity contribution in [3.05, 3.63) is 35.6 Å². The Bertz CT molecular complexity index is 565. The fourth-order valence-corrected chi connectivity index (χ4v) is 3.30. The van der Waals surface area contributed by atoms with E-state index in [4.69, 9.17) is 4.74 Å². The van der Waals surface area contributed by atoms with Crippen LogP contribution in [-0.4, -0.2) is 63.3 Å². The van der Waals surface area contributed by atoms with Gasteiger partial charge < -0.3 is 15.4 Å². The number of aliphatic imine (C=N–C) groups is 1. The number of nitrogens with one attached hydrogen (secondary N) is 2. The third-order valence-corrected chi connectivity index (χ3v) is 4.63. The molecule has 0 bridgehead atoms. The second-order valence-electron chi connectivity index (χ2n) is 7.19. The van der Waals surface area contributed by atoms with E-state index in [0.29, 0.717) is 12.0 Å². The molecule has 1 atom stereocenters. The molecule has 0 aliphatic carbocycles. The van der Waals surface area contributed by atoms with Gasteiger partial charge in [-0.05, 0) is 36.5 Å². The first-order valence-corrected chi connectivity index (χ1v) is 9.59. The number of ether oxygens (including phenoxy) is 1. The van der Waals surface area contributed by atoms with Crippen molar-refractivity contribution >= 4 is 29.9 Å². The van der Waals surface area contributed by atoms with Gasteiger partial charge in [-0.1, -0.05) is 26.0 Å². The number of hydrogen-bond acceptors (Lipinski definition) is 3. The van der Waals surface area contributed by atoms with Gasteiger partial charge >= 0.3 is 0 Å². The number of benzene rings is 1. The van der Waals surface area contributed by atoms with E-state index >= 15 is 0 Å². The Hall–Kier alpha value is -0.930. The van der Waals surface area contributed by atoms with Gasteiger partial charge in [-0.3, -0.25) is 9.89 Å². The van der Waals surface area contributed by atoms with E-state index in [-0.39, 0.29) is 29.8 Å². The topological polar surface area (TPSA) is 48.9 Å². The first-order chi connectivity index (χ1) is 12.6. The molecule has 5 nitrogen and oxygen atoms in total. The molecule has 0 aromatic heterocycles. The van der Waals surface area contributed by atoms with Crippen LogP contribution >= 0.6 is 24.0 Å². The molecule has 0 spiro atoms. The van der Waals surface area contributed by atoms with Gasteiger partial charge in [0.15, 0.2) is 5.96 Å². The molecule has 0 saturated carbocycles. The second kappa shape index (κ2) is 13.3. The Morgan fingerprint density at radius 1 is 1.26 bits per heavy atom. The maximum atomic E-state index is 13.2. The molecule has 1 fully saturated rings. The molecule has 2 rings (SSSR count). The van der Waals surface area contributed by atoms with Crippen molar-refractivity contribution in [3.8, 4) is 0 Å². The van der Waals surface area contributed by atoms with E-state index in [1.807, 2.05) is 6.07 Å². The van der Waals surface area contributed by atoms with E-state index in [1.165, 1.54) is 6.07 Å². The first kappa shape index (κ1) is 24.1. The zero-order valence-electron chi connectivity index (χ0n) is 16.7. The maximum Gasteiger partial charge on any atom is 0.191 e. The summed E-state index contributed by atoms with van der Waals surface area (Å²) in [5, 5.41) is 6.77. The lowest BCUT2D eigenvalue weighted by Crippen LogP contribution is -2.51. The van der Waals surface area contributed by atoms with Crippen LogP contribution in [0, 0.1) is 11.7 Å². The minimum atomic E-state index is -0.188. The van der Waals surface area contributed by atoms with Crippen LogP contribution in [0.25, 0.3) is 0 Å². The standard InChI is InChI=1S/C20H33FN4O.HI/c1-16(2)13-19(25-9-11-26-12-10-25)15-24-20(22-3)23-8-7-17-5-4-6-18(21)14-17;/h4-6,14,16,19H,7-13,15H2,1-3H3,(H2,22,23,24);1H. The SMILES string of the molecule is CN=C(NCCc1cccc(F)c1)NCC(CC(C)C)N1CCOCC1.I. The van der Waals surface area contributed by atoms with Crippen LogP contribution in [0.2, 0.25) is 0 Å². The molecule has 1 aromatic carbocycles. The summed E-state index contributed by atoms with van der Waals surface area (Å²) in [5.74, 6) is 1.25. The lowest BCUT2D eigenvalue weighted by atomic mass is 10.0. The zero-order valence-corrected chi connectivity index (χ0v) is 19.0. The number of rotatable bonds is 8. The molecule has 1 saturated heterocycles. The molecular formula is C20H34FIN4O. The summed E-state index contributed by atoms with van der Waals surface area (Å²) in [6.45, 7) is 9.71. The fourth-order valence-electron chi connectivity index (χ4n) is 3.30. The number of halogens is 2. The van der Waals surface area contributed by atoms with Crippen molar-refractivity contribution in [1.29, 1.82) is 0 Å². The molecule has 1 aliphatic heterocycles. The third kappa shape index (κ3) is 9.21. The quantitative estimate of drug-likeness (QED) is 0.333. The third-order valence-electron chi connectivity index (χ3n) is 4.63. The number of hydrogen-bond donors (Lipinski definition) is 2. The zero-order chi connectivity index (χ0) is 18.8. The lowest BCUT2D eigenvalue weighted by Gasteiger charge is -2.35. The van der Waals surface area contributed by atoms with Crippen molar-refractivity contribution in [3.63, 3.8) is 0 Å². The van der Waals surface area contributed by atoms with Crippen LogP contribution in [0.4, 0.5) is 4.39 Å². The first-order valence-electron chi connectivity index (χ1n) is 9.59. The van der Waals surface area contributed by atoms with Gasteiger partial charge in [0.05, 0.1) is 13.2 Å². The Balaban J connectivity index is 0.00000364.